The number of rotatable bonds is 0. The second-order valence-corrected chi connectivity index (χ2v) is 4.04. The lowest BCUT2D eigenvalue weighted by atomic mass is 10.0. The van der Waals surface area contributed by atoms with Gasteiger partial charge >= 0.3 is 0 Å². The Balaban J connectivity index is 0.000000329. The predicted molar refractivity (Wildman–Crippen MR) is 67.8 cm³/mol. The molecule has 0 bridgehead atoms. The van der Waals surface area contributed by atoms with Gasteiger partial charge in [-0.1, -0.05) is 42.5 Å². The molecule has 0 aliphatic heterocycles. The minimum absolute atomic E-state index is 0.750. The number of aryl methyl sites for hydroxylation is 1. The van der Waals surface area contributed by atoms with E-state index in [4.69, 9.17) is 10.2 Å². The van der Waals surface area contributed by atoms with Crippen LogP contribution in [-0.2, 0) is 11.2 Å². The van der Waals surface area contributed by atoms with Crippen LogP contribution in [-0.4, -0.2) is 6.08 Å². The van der Waals surface area contributed by atoms with Gasteiger partial charge in [-0.15, -0.1) is 0 Å². The molecule has 2 aromatic rings. The minimum atomic E-state index is 0.750. The van der Waals surface area contributed by atoms with Gasteiger partial charge < -0.3 is 0 Å². The van der Waals surface area contributed by atoms with E-state index in [2.05, 4.69) is 49.4 Å². The summed E-state index contributed by atoms with van der Waals surface area (Å²) in [4.78, 5) is 8.35. The summed E-state index contributed by atoms with van der Waals surface area (Å²) in [7, 11) is 0. The molecule has 0 radical (unpaired) electrons. The first-order chi connectivity index (χ1) is 8.27. The molecule has 2 heteroatoms. The highest BCUT2D eigenvalue weighted by Gasteiger charge is 2.18. The third-order valence-electron chi connectivity index (χ3n) is 3.09. The van der Waals surface area contributed by atoms with Crippen molar-refractivity contribution in [2.24, 2.45) is 0 Å². The molecule has 0 amide bonds. The lowest BCUT2D eigenvalue weighted by Crippen LogP contribution is -1.84. The summed E-state index contributed by atoms with van der Waals surface area (Å²) in [5.74, 6) is 0. The molecule has 0 fully saturated rings. The number of nitrogens with one attached hydrogen (secondary N) is 1. The molecule has 0 atom stereocenters. The van der Waals surface area contributed by atoms with Crippen molar-refractivity contribution >= 4 is 6.08 Å². The van der Waals surface area contributed by atoms with Crippen molar-refractivity contribution in [2.75, 3.05) is 0 Å². The Morgan fingerprint density at radius 2 is 1.71 bits per heavy atom. The van der Waals surface area contributed by atoms with Gasteiger partial charge in [0.05, 0.1) is 0 Å². The van der Waals surface area contributed by atoms with E-state index in [1.165, 1.54) is 27.8 Å². The number of hydrogen-bond donors (Lipinski definition) is 1. The maximum Gasteiger partial charge on any atom is 0.231 e. The van der Waals surface area contributed by atoms with Crippen LogP contribution in [0, 0.1) is 12.3 Å². The normalized spacial score (nSPS) is 10.6. The minimum Gasteiger partial charge on any atom is -0.222 e. The highest BCUT2D eigenvalue weighted by atomic mass is 16.1. The summed E-state index contributed by atoms with van der Waals surface area (Å²) in [5, 5.41) is 5.40. The van der Waals surface area contributed by atoms with Gasteiger partial charge in [-0.3, -0.25) is 0 Å². The first kappa shape index (κ1) is 11.3. The van der Waals surface area contributed by atoms with E-state index in [1.807, 2.05) is 0 Å². The van der Waals surface area contributed by atoms with E-state index in [0.717, 1.165) is 12.5 Å². The molecule has 1 aliphatic rings. The molecule has 3 rings (SSSR count). The molecular formula is C15H13NO. The third kappa shape index (κ3) is 2.03. The molecule has 0 saturated heterocycles. The highest BCUT2D eigenvalue weighted by molar-refractivity contribution is 5.77. The molecule has 17 heavy (non-hydrogen) atoms. The molecular weight excluding hydrogens is 210 g/mol. The van der Waals surface area contributed by atoms with Gasteiger partial charge in [0.25, 0.3) is 0 Å². The Morgan fingerprint density at radius 1 is 1.06 bits per heavy atom. The first-order valence-electron chi connectivity index (χ1n) is 5.48. The zero-order chi connectivity index (χ0) is 12.3. The molecule has 0 saturated carbocycles. The molecule has 2 nitrogen and oxygen atoms in total. The van der Waals surface area contributed by atoms with Crippen LogP contribution in [0.25, 0.3) is 11.1 Å². The average Bonchev–Trinajstić information content (AvgIpc) is 2.71. The van der Waals surface area contributed by atoms with Crippen molar-refractivity contribution in [3.8, 4) is 11.1 Å². The number of hydrogen-bond acceptors (Lipinski definition) is 2. The molecule has 84 valence electrons. The van der Waals surface area contributed by atoms with Gasteiger partial charge in [0, 0.05) is 0 Å². The molecule has 1 N–H and O–H groups in total. The van der Waals surface area contributed by atoms with E-state index < -0.39 is 0 Å². The Hall–Kier alpha value is -2.18. The molecule has 2 aromatic carbocycles. The standard InChI is InChI=1S/C14H12.CHNO/c1-10-5-4-8-13-12-7-3-2-6-11(12)9-14(10)13;2-1-3/h2-8H,9H2,1H3;2H. The van der Waals surface area contributed by atoms with Gasteiger partial charge in [-0.2, -0.15) is 0 Å². The highest BCUT2D eigenvalue weighted by Crippen LogP contribution is 2.37. The van der Waals surface area contributed by atoms with Crippen LogP contribution in [0.5, 0.6) is 0 Å². The smallest absolute Gasteiger partial charge is 0.222 e. The largest absolute Gasteiger partial charge is 0.231 e. The average molecular weight is 223 g/mol. The van der Waals surface area contributed by atoms with Gasteiger partial charge in [-0.25, -0.2) is 10.2 Å². The van der Waals surface area contributed by atoms with Crippen LogP contribution < -0.4 is 0 Å². The lowest BCUT2D eigenvalue weighted by molar-refractivity contribution is 0.563. The van der Waals surface area contributed by atoms with E-state index >= 15 is 0 Å². The maximum atomic E-state index is 8.35. The Labute approximate surface area is 100 Å². The van der Waals surface area contributed by atoms with Crippen molar-refractivity contribution in [1.82, 2.24) is 0 Å². The van der Waals surface area contributed by atoms with Crippen LogP contribution in [0.2, 0.25) is 0 Å². The van der Waals surface area contributed by atoms with Crippen LogP contribution in [0.15, 0.2) is 42.5 Å². The van der Waals surface area contributed by atoms with Crippen molar-refractivity contribution in [2.45, 2.75) is 13.3 Å². The summed E-state index contributed by atoms with van der Waals surface area (Å²) < 4.78 is 0. The van der Waals surface area contributed by atoms with E-state index in [1.54, 1.807) is 0 Å². The maximum absolute atomic E-state index is 8.35. The van der Waals surface area contributed by atoms with Crippen LogP contribution in [0.1, 0.15) is 16.7 Å². The summed E-state index contributed by atoms with van der Waals surface area (Å²) in [6, 6.07) is 15.3. The Morgan fingerprint density at radius 3 is 2.47 bits per heavy atom. The second-order valence-electron chi connectivity index (χ2n) is 4.04. The first-order valence-corrected chi connectivity index (χ1v) is 5.48. The quantitative estimate of drug-likeness (QED) is 0.460. The molecule has 0 spiro atoms. The molecule has 0 heterocycles. The summed E-state index contributed by atoms with van der Waals surface area (Å²) in [5.41, 5.74) is 7.25. The topological polar surface area (TPSA) is 40.9 Å². The van der Waals surface area contributed by atoms with Crippen molar-refractivity contribution in [3.05, 3.63) is 59.2 Å². The SMILES string of the molecule is Cc1cccc2c1Cc1ccccc1-2.N=C=O. The Kier molecular flexibility index (Phi) is 3.17. The second kappa shape index (κ2) is 4.77. The van der Waals surface area contributed by atoms with Gasteiger partial charge in [-0.05, 0) is 41.2 Å². The number of isocyanates is 1. The van der Waals surface area contributed by atoms with Gasteiger partial charge in [0.1, 0.15) is 0 Å². The summed E-state index contributed by atoms with van der Waals surface area (Å²) >= 11 is 0. The molecule has 0 unspecified atom stereocenters. The van der Waals surface area contributed by atoms with E-state index in [9.17, 15) is 0 Å². The van der Waals surface area contributed by atoms with Gasteiger partial charge in [0.15, 0.2) is 0 Å². The van der Waals surface area contributed by atoms with Crippen molar-refractivity contribution in [3.63, 3.8) is 0 Å². The van der Waals surface area contributed by atoms with Gasteiger partial charge in [0.2, 0.25) is 6.08 Å². The Bertz CT molecular complexity index is 581. The fourth-order valence-corrected chi connectivity index (χ4v) is 2.32. The summed E-state index contributed by atoms with van der Waals surface area (Å²) in [6.45, 7) is 2.20. The van der Waals surface area contributed by atoms with Crippen LogP contribution in [0.3, 0.4) is 0 Å². The molecule has 1 aliphatic carbocycles. The van der Waals surface area contributed by atoms with Crippen LogP contribution >= 0.6 is 0 Å². The fourth-order valence-electron chi connectivity index (χ4n) is 2.32. The predicted octanol–water partition coefficient (Wildman–Crippen LogP) is 3.47. The fraction of sp³-hybridized carbons (Fsp3) is 0.133. The third-order valence-corrected chi connectivity index (χ3v) is 3.09. The van der Waals surface area contributed by atoms with Crippen molar-refractivity contribution < 1.29 is 4.79 Å². The van der Waals surface area contributed by atoms with E-state index in [-0.39, 0.29) is 0 Å². The van der Waals surface area contributed by atoms with E-state index in [0.29, 0.717) is 0 Å². The lowest BCUT2D eigenvalue weighted by Gasteiger charge is -2.02. The van der Waals surface area contributed by atoms with Crippen LogP contribution in [0.4, 0.5) is 0 Å². The number of benzene rings is 2. The summed E-state index contributed by atoms with van der Waals surface area (Å²) in [6.07, 6.45) is 1.86. The molecule has 0 aromatic heterocycles. The zero-order valence-electron chi connectivity index (χ0n) is 9.66. The number of fused-ring (bicyclic) bond motifs is 3. The number of carbonyl (C=O) groups excluding carboxylic acids is 1. The monoisotopic (exact) mass is 223 g/mol. The zero-order valence-corrected chi connectivity index (χ0v) is 9.66. The van der Waals surface area contributed by atoms with Crippen molar-refractivity contribution in [1.29, 1.82) is 5.41 Å².